The van der Waals surface area contributed by atoms with E-state index in [0.29, 0.717) is 6.42 Å². The van der Waals surface area contributed by atoms with Crippen LogP contribution in [0.3, 0.4) is 0 Å². The molecule has 1 aromatic heterocycles. The van der Waals surface area contributed by atoms with Crippen molar-refractivity contribution in [1.29, 1.82) is 0 Å². The van der Waals surface area contributed by atoms with Crippen LogP contribution in [0.25, 0.3) is 10.9 Å². The lowest BCUT2D eigenvalue weighted by atomic mass is 9.97. The third-order valence-electron chi connectivity index (χ3n) is 5.97. The van der Waals surface area contributed by atoms with Crippen LogP contribution in [0.1, 0.15) is 39.7 Å². The summed E-state index contributed by atoms with van der Waals surface area (Å²) in [4.78, 5) is 52.4. The number of carbonyl (C=O) groups excluding carboxylic acids is 3. The highest BCUT2D eigenvalue weighted by Gasteiger charge is 2.30. The fraction of sp³-hybridized carbons (Fsp3) is 0.500. The van der Waals surface area contributed by atoms with E-state index in [2.05, 4.69) is 20.9 Å². The van der Waals surface area contributed by atoms with E-state index in [9.17, 15) is 24.3 Å². The molecule has 186 valence electrons. The number of aliphatic carboxylic acids is 1. The Labute approximate surface area is 199 Å². The van der Waals surface area contributed by atoms with Crippen molar-refractivity contribution < 1.29 is 24.3 Å². The first-order valence-corrected chi connectivity index (χ1v) is 11.5. The van der Waals surface area contributed by atoms with Gasteiger partial charge in [0.25, 0.3) is 0 Å². The van der Waals surface area contributed by atoms with Crippen molar-refractivity contribution in [3.8, 4) is 0 Å². The summed E-state index contributed by atoms with van der Waals surface area (Å²) in [5.74, 6) is -3.15. The Morgan fingerprint density at radius 1 is 1.06 bits per heavy atom. The van der Waals surface area contributed by atoms with Crippen LogP contribution in [0.15, 0.2) is 30.5 Å². The summed E-state index contributed by atoms with van der Waals surface area (Å²) in [5, 5.41) is 18.2. The van der Waals surface area contributed by atoms with E-state index in [1.54, 1.807) is 27.0 Å². The molecule has 1 aromatic carbocycles. The van der Waals surface area contributed by atoms with Crippen molar-refractivity contribution in [3.05, 3.63) is 36.0 Å². The van der Waals surface area contributed by atoms with Crippen LogP contribution in [0, 0.1) is 11.8 Å². The minimum Gasteiger partial charge on any atom is -0.480 e. The second-order valence-corrected chi connectivity index (χ2v) is 8.88. The minimum absolute atomic E-state index is 0.0788. The highest BCUT2D eigenvalue weighted by atomic mass is 16.4. The molecule has 0 aliphatic carbocycles. The van der Waals surface area contributed by atoms with Crippen LogP contribution < -0.4 is 21.7 Å². The maximum Gasteiger partial charge on any atom is 0.326 e. The summed E-state index contributed by atoms with van der Waals surface area (Å²) >= 11 is 0. The molecule has 0 spiro atoms. The fourth-order valence-electron chi connectivity index (χ4n) is 3.50. The summed E-state index contributed by atoms with van der Waals surface area (Å²) in [5.41, 5.74) is 7.41. The molecule has 0 saturated heterocycles. The summed E-state index contributed by atoms with van der Waals surface area (Å²) < 4.78 is 0. The van der Waals surface area contributed by atoms with Crippen LogP contribution in [0.4, 0.5) is 0 Å². The average molecular weight is 474 g/mol. The molecular formula is C24H35N5O5. The number of nitrogens with two attached hydrogens (primary N) is 1. The first-order chi connectivity index (χ1) is 16.0. The Balaban J connectivity index is 2.06. The van der Waals surface area contributed by atoms with Gasteiger partial charge in [-0.1, -0.05) is 52.3 Å². The quantitative estimate of drug-likeness (QED) is 0.268. The predicted octanol–water partition coefficient (Wildman–Crippen LogP) is 0.910. The van der Waals surface area contributed by atoms with Crippen LogP contribution in [-0.2, 0) is 25.6 Å². The molecule has 4 atom stereocenters. The smallest absolute Gasteiger partial charge is 0.326 e. The van der Waals surface area contributed by atoms with E-state index in [0.717, 1.165) is 16.5 Å². The van der Waals surface area contributed by atoms with Gasteiger partial charge in [-0.15, -0.1) is 0 Å². The number of amides is 3. The molecule has 0 saturated carbocycles. The normalized spacial score (nSPS) is 14.8. The lowest BCUT2D eigenvalue weighted by Gasteiger charge is -2.25. The third-order valence-corrected chi connectivity index (χ3v) is 5.97. The number of hydrogen-bond acceptors (Lipinski definition) is 5. The van der Waals surface area contributed by atoms with Gasteiger partial charge in [-0.05, 0) is 23.5 Å². The van der Waals surface area contributed by atoms with Gasteiger partial charge in [-0.2, -0.15) is 0 Å². The molecule has 10 heteroatoms. The number of carboxylic acid groups (broad SMARTS) is 1. The number of aromatic amines is 1. The fourth-order valence-corrected chi connectivity index (χ4v) is 3.50. The maximum atomic E-state index is 13.0. The molecule has 0 radical (unpaired) electrons. The molecule has 1 heterocycles. The molecule has 4 unspecified atom stereocenters. The number of carboxylic acids is 1. The molecule has 2 rings (SSSR count). The number of H-pyrrole nitrogens is 1. The van der Waals surface area contributed by atoms with E-state index in [1.165, 1.54) is 0 Å². The van der Waals surface area contributed by atoms with E-state index in [4.69, 9.17) is 5.73 Å². The number of hydrogen-bond donors (Lipinski definition) is 6. The van der Waals surface area contributed by atoms with Crippen molar-refractivity contribution in [1.82, 2.24) is 20.9 Å². The minimum atomic E-state index is -1.18. The highest BCUT2D eigenvalue weighted by molar-refractivity contribution is 5.93. The van der Waals surface area contributed by atoms with Crippen LogP contribution in [-0.4, -0.2) is 58.5 Å². The molecule has 0 fully saturated rings. The van der Waals surface area contributed by atoms with Gasteiger partial charge in [0.2, 0.25) is 17.7 Å². The average Bonchev–Trinajstić information content (AvgIpc) is 3.22. The van der Waals surface area contributed by atoms with Gasteiger partial charge in [0, 0.05) is 23.5 Å². The Morgan fingerprint density at radius 2 is 1.74 bits per heavy atom. The number of carbonyl (C=O) groups is 4. The first-order valence-electron chi connectivity index (χ1n) is 11.5. The van der Waals surface area contributed by atoms with Crippen molar-refractivity contribution in [2.75, 3.05) is 6.54 Å². The second kappa shape index (κ2) is 12.2. The Hall–Kier alpha value is -3.40. The van der Waals surface area contributed by atoms with E-state index >= 15 is 0 Å². The zero-order valence-corrected chi connectivity index (χ0v) is 20.1. The largest absolute Gasteiger partial charge is 0.480 e. The van der Waals surface area contributed by atoms with Gasteiger partial charge in [0.15, 0.2) is 0 Å². The summed E-state index contributed by atoms with van der Waals surface area (Å²) in [7, 11) is 0. The second-order valence-electron chi connectivity index (χ2n) is 8.88. The number of benzene rings is 1. The number of para-hydroxylation sites is 1. The van der Waals surface area contributed by atoms with Crippen molar-refractivity contribution in [2.45, 2.75) is 58.7 Å². The predicted molar refractivity (Wildman–Crippen MR) is 129 cm³/mol. The van der Waals surface area contributed by atoms with Gasteiger partial charge < -0.3 is 31.8 Å². The van der Waals surface area contributed by atoms with Gasteiger partial charge in [0.05, 0.1) is 12.6 Å². The van der Waals surface area contributed by atoms with Gasteiger partial charge in [0.1, 0.15) is 12.1 Å². The van der Waals surface area contributed by atoms with Crippen LogP contribution in [0.5, 0.6) is 0 Å². The van der Waals surface area contributed by atoms with Crippen molar-refractivity contribution >= 4 is 34.6 Å². The zero-order valence-electron chi connectivity index (χ0n) is 20.1. The van der Waals surface area contributed by atoms with Crippen LogP contribution in [0.2, 0.25) is 0 Å². The lowest BCUT2D eigenvalue weighted by molar-refractivity contribution is -0.142. The zero-order chi connectivity index (χ0) is 25.4. The Bertz CT molecular complexity index is 1020. The van der Waals surface area contributed by atoms with Crippen molar-refractivity contribution in [2.24, 2.45) is 17.6 Å². The SMILES string of the molecule is CCC(C)C(NC(=O)CNC(=O)C(N)C(C)C)C(=O)NC(Cc1c[nH]c2ccccc12)C(=O)O. The molecule has 0 aliphatic rings. The number of nitrogens with one attached hydrogen (secondary N) is 4. The summed E-state index contributed by atoms with van der Waals surface area (Å²) in [6.07, 6.45) is 2.38. The van der Waals surface area contributed by atoms with E-state index < -0.39 is 41.8 Å². The molecule has 0 aliphatic heterocycles. The van der Waals surface area contributed by atoms with Crippen molar-refractivity contribution in [3.63, 3.8) is 0 Å². The summed E-state index contributed by atoms with van der Waals surface area (Å²) in [6.45, 7) is 6.90. The third kappa shape index (κ3) is 7.05. The standard InChI is InChI=1S/C24H35N5O5/c1-5-14(4)21(29-19(30)12-27-22(31)20(25)13(2)3)23(32)28-18(24(33)34)10-15-11-26-17-9-7-6-8-16(15)17/h6-9,11,13-14,18,20-21,26H,5,10,12,25H2,1-4H3,(H,27,31)(H,28,32)(H,29,30)(H,33,34). The van der Waals surface area contributed by atoms with E-state index in [-0.39, 0.29) is 24.8 Å². The molecule has 10 nitrogen and oxygen atoms in total. The molecule has 7 N–H and O–H groups in total. The number of aromatic nitrogens is 1. The highest BCUT2D eigenvalue weighted by Crippen LogP contribution is 2.19. The van der Waals surface area contributed by atoms with Gasteiger partial charge >= 0.3 is 5.97 Å². The van der Waals surface area contributed by atoms with Crippen LogP contribution >= 0.6 is 0 Å². The summed E-state index contributed by atoms with van der Waals surface area (Å²) in [6, 6.07) is 4.60. The monoisotopic (exact) mass is 473 g/mol. The number of rotatable bonds is 12. The van der Waals surface area contributed by atoms with Gasteiger partial charge in [-0.3, -0.25) is 14.4 Å². The topological polar surface area (TPSA) is 166 Å². The molecular weight excluding hydrogens is 438 g/mol. The Kier molecular flexibility index (Phi) is 9.61. The first kappa shape index (κ1) is 26.8. The maximum absolute atomic E-state index is 13.0. The molecule has 2 aromatic rings. The lowest BCUT2D eigenvalue weighted by Crippen LogP contribution is -2.56. The van der Waals surface area contributed by atoms with E-state index in [1.807, 2.05) is 31.2 Å². The molecule has 0 bridgehead atoms. The number of fused-ring (bicyclic) bond motifs is 1. The molecule has 3 amide bonds. The molecule has 34 heavy (non-hydrogen) atoms. The Morgan fingerprint density at radius 3 is 2.35 bits per heavy atom. The van der Waals surface area contributed by atoms with Gasteiger partial charge in [-0.25, -0.2) is 4.79 Å².